The summed E-state index contributed by atoms with van der Waals surface area (Å²) >= 11 is 0. The third kappa shape index (κ3) is 4.14. The molecule has 1 atom stereocenters. The van der Waals surface area contributed by atoms with Crippen molar-refractivity contribution in [3.63, 3.8) is 0 Å². The maximum absolute atomic E-state index is 13.1. The first kappa shape index (κ1) is 21.4. The number of likely N-dealkylation sites (tertiary alicyclic amines) is 1. The van der Waals surface area contributed by atoms with Gasteiger partial charge in [0.05, 0.1) is 11.6 Å². The lowest BCUT2D eigenvalue weighted by molar-refractivity contribution is -0.139. The molecule has 1 unspecified atom stereocenters. The van der Waals surface area contributed by atoms with Gasteiger partial charge in [0.1, 0.15) is 5.76 Å². The molecule has 1 heterocycles. The molecule has 0 bridgehead atoms. The Bertz CT molecular complexity index is 1140. The monoisotopic (exact) mass is 426 g/mol. The zero-order chi connectivity index (χ0) is 22.7. The SMILES string of the molecule is CN(C)c1ccc(C2/C(=C(\O)c3ccccc3)C(=O)C(=O)N2CCc2ccccc2)cc1. The van der Waals surface area contributed by atoms with E-state index < -0.39 is 17.7 Å². The third-order valence-electron chi connectivity index (χ3n) is 5.80. The molecule has 3 aromatic carbocycles. The summed E-state index contributed by atoms with van der Waals surface area (Å²) in [4.78, 5) is 29.7. The first-order valence-corrected chi connectivity index (χ1v) is 10.6. The zero-order valence-corrected chi connectivity index (χ0v) is 18.2. The van der Waals surface area contributed by atoms with E-state index in [1.54, 1.807) is 29.2 Å². The quantitative estimate of drug-likeness (QED) is 0.360. The Balaban J connectivity index is 1.77. The van der Waals surface area contributed by atoms with Gasteiger partial charge < -0.3 is 14.9 Å². The van der Waals surface area contributed by atoms with Crippen LogP contribution in [0.5, 0.6) is 0 Å². The number of hydrogen-bond donors (Lipinski definition) is 1. The number of anilines is 1. The van der Waals surface area contributed by atoms with Crippen molar-refractivity contribution < 1.29 is 14.7 Å². The van der Waals surface area contributed by atoms with Gasteiger partial charge in [-0.25, -0.2) is 0 Å². The van der Waals surface area contributed by atoms with Crippen LogP contribution in [0.3, 0.4) is 0 Å². The molecule has 162 valence electrons. The summed E-state index contributed by atoms with van der Waals surface area (Å²) in [7, 11) is 3.91. The third-order valence-corrected chi connectivity index (χ3v) is 5.80. The summed E-state index contributed by atoms with van der Waals surface area (Å²) in [6.45, 7) is 0.375. The molecule has 0 spiro atoms. The molecular weight excluding hydrogens is 400 g/mol. The average Bonchev–Trinajstić information content (AvgIpc) is 3.08. The van der Waals surface area contributed by atoms with Crippen molar-refractivity contribution in [1.82, 2.24) is 4.90 Å². The zero-order valence-electron chi connectivity index (χ0n) is 18.2. The Morgan fingerprint density at radius 1 is 0.875 bits per heavy atom. The first-order valence-electron chi connectivity index (χ1n) is 10.6. The highest BCUT2D eigenvalue weighted by Gasteiger charge is 2.45. The van der Waals surface area contributed by atoms with E-state index in [-0.39, 0.29) is 11.3 Å². The van der Waals surface area contributed by atoms with Crippen LogP contribution >= 0.6 is 0 Å². The number of amides is 1. The van der Waals surface area contributed by atoms with Crippen LogP contribution in [-0.4, -0.2) is 42.3 Å². The summed E-state index contributed by atoms with van der Waals surface area (Å²) < 4.78 is 0. The van der Waals surface area contributed by atoms with Crippen molar-refractivity contribution in [2.75, 3.05) is 25.5 Å². The molecule has 0 aromatic heterocycles. The fraction of sp³-hybridized carbons (Fsp3) is 0.185. The number of benzene rings is 3. The molecule has 1 aliphatic rings. The normalized spacial score (nSPS) is 17.6. The maximum Gasteiger partial charge on any atom is 0.295 e. The van der Waals surface area contributed by atoms with Gasteiger partial charge in [-0.05, 0) is 29.7 Å². The van der Waals surface area contributed by atoms with Gasteiger partial charge in [-0.2, -0.15) is 0 Å². The van der Waals surface area contributed by atoms with Crippen LogP contribution in [0.25, 0.3) is 5.76 Å². The Morgan fingerprint density at radius 2 is 1.47 bits per heavy atom. The Hall–Kier alpha value is -3.86. The maximum atomic E-state index is 13.1. The minimum absolute atomic E-state index is 0.131. The van der Waals surface area contributed by atoms with Crippen molar-refractivity contribution in [2.45, 2.75) is 12.5 Å². The Labute approximate surface area is 188 Å². The summed E-state index contributed by atoms with van der Waals surface area (Å²) in [6.07, 6.45) is 0.617. The number of ketones is 1. The number of carbonyl (C=O) groups excluding carboxylic acids is 2. The molecule has 1 saturated heterocycles. The van der Waals surface area contributed by atoms with Crippen LogP contribution < -0.4 is 4.90 Å². The minimum Gasteiger partial charge on any atom is -0.507 e. The van der Waals surface area contributed by atoms with E-state index in [2.05, 4.69) is 0 Å². The number of nitrogens with zero attached hydrogens (tertiary/aromatic N) is 2. The summed E-state index contributed by atoms with van der Waals surface area (Å²) in [5.74, 6) is -1.38. The van der Waals surface area contributed by atoms with Crippen LogP contribution in [0.4, 0.5) is 5.69 Å². The fourth-order valence-electron chi connectivity index (χ4n) is 4.06. The van der Waals surface area contributed by atoms with E-state index in [0.29, 0.717) is 18.5 Å². The summed E-state index contributed by atoms with van der Waals surface area (Å²) in [6, 6.07) is 25.9. The average molecular weight is 427 g/mol. The van der Waals surface area contributed by atoms with E-state index in [0.717, 1.165) is 16.8 Å². The minimum atomic E-state index is -0.652. The summed E-state index contributed by atoms with van der Waals surface area (Å²) in [5, 5.41) is 11.1. The van der Waals surface area contributed by atoms with Crippen molar-refractivity contribution in [1.29, 1.82) is 0 Å². The lowest BCUT2D eigenvalue weighted by Gasteiger charge is -2.26. The fourth-order valence-corrected chi connectivity index (χ4v) is 4.06. The molecule has 32 heavy (non-hydrogen) atoms. The van der Waals surface area contributed by atoms with Crippen LogP contribution in [0.2, 0.25) is 0 Å². The van der Waals surface area contributed by atoms with Gasteiger partial charge in [-0.15, -0.1) is 0 Å². The van der Waals surface area contributed by atoms with E-state index in [4.69, 9.17) is 0 Å². The number of aliphatic hydroxyl groups is 1. The van der Waals surface area contributed by atoms with Gasteiger partial charge in [0.15, 0.2) is 0 Å². The standard InChI is InChI=1S/C27H26N2O3/c1-28(2)22-15-13-20(14-16-22)24-23(25(30)21-11-7-4-8-12-21)26(31)27(32)29(24)18-17-19-9-5-3-6-10-19/h3-16,24,30H,17-18H2,1-2H3/b25-23+. The van der Waals surface area contributed by atoms with Crippen molar-refractivity contribution in [2.24, 2.45) is 0 Å². The second-order valence-electron chi connectivity index (χ2n) is 8.08. The first-order chi connectivity index (χ1) is 15.5. The predicted molar refractivity (Wildman–Crippen MR) is 126 cm³/mol. The summed E-state index contributed by atoms with van der Waals surface area (Å²) in [5.41, 5.74) is 3.54. The number of rotatable bonds is 6. The highest BCUT2D eigenvalue weighted by Crippen LogP contribution is 2.39. The van der Waals surface area contributed by atoms with Crippen LogP contribution in [-0.2, 0) is 16.0 Å². The van der Waals surface area contributed by atoms with Crippen LogP contribution in [0.1, 0.15) is 22.7 Å². The Morgan fingerprint density at radius 3 is 2.06 bits per heavy atom. The highest BCUT2D eigenvalue weighted by molar-refractivity contribution is 6.46. The van der Waals surface area contributed by atoms with E-state index in [9.17, 15) is 14.7 Å². The molecule has 0 radical (unpaired) electrons. The van der Waals surface area contributed by atoms with Gasteiger partial charge in [0.2, 0.25) is 0 Å². The smallest absolute Gasteiger partial charge is 0.295 e. The Kier molecular flexibility index (Phi) is 6.08. The van der Waals surface area contributed by atoms with Crippen molar-refractivity contribution >= 4 is 23.1 Å². The molecule has 0 aliphatic carbocycles. The van der Waals surface area contributed by atoms with Gasteiger partial charge >= 0.3 is 0 Å². The topological polar surface area (TPSA) is 60.9 Å². The van der Waals surface area contributed by atoms with Gasteiger partial charge in [-0.3, -0.25) is 9.59 Å². The number of hydrogen-bond acceptors (Lipinski definition) is 4. The number of Topliss-reactive ketones (excluding diaryl/α,β-unsaturated/α-hetero) is 1. The molecule has 1 aliphatic heterocycles. The predicted octanol–water partition coefficient (Wildman–Crippen LogP) is 4.42. The van der Waals surface area contributed by atoms with Crippen molar-refractivity contribution in [3.8, 4) is 0 Å². The van der Waals surface area contributed by atoms with Gasteiger partial charge in [-0.1, -0.05) is 72.8 Å². The van der Waals surface area contributed by atoms with Crippen molar-refractivity contribution in [3.05, 3.63) is 107 Å². The molecule has 4 rings (SSSR count). The number of aliphatic hydroxyl groups excluding tert-OH is 1. The molecular formula is C27H26N2O3. The van der Waals surface area contributed by atoms with Crippen LogP contribution in [0.15, 0.2) is 90.5 Å². The second-order valence-corrected chi connectivity index (χ2v) is 8.08. The molecule has 5 heteroatoms. The van der Waals surface area contributed by atoms with Crippen LogP contribution in [0, 0.1) is 0 Å². The molecule has 1 N–H and O–H groups in total. The van der Waals surface area contributed by atoms with Gasteiger partial charge in [0, 0.05) is 31.9 Å². The van der Waals surface area contributed by atoms with Gasteiger partial charge in [0.25, 0.3) is 11.7 Å². The number of carbonyl (C=O) groups is 2. The highest BCUT2D eigenvalue weighted by atomic mass is 16.3. The molecule has 5 nitrogen and oxygen atoms in total. The molecule has 1 amide bonds. The largest absolute Gasteiger partial charge is 0.507 e. The molecule has 3 aromatic rings. The second kappa shape index (κ2) is 9.10. The lowest BCUT2D eigenvalue weighted by Crippen LogP contribution is -2.31. The van der Waals surface area contributed by atoms with E-state index >= 15 is 0 Å². The lowest BCUT2D eigenvalue weighted by atomic mass is 9.95. The molecule has 0 saturated carbocycles. The van der Waals surface area contributed by atoms with E-state index in [1.165, 1.54) is 0 Å². The van der Waals surface area contributed by atoms with E-state index in [1.807, 2.05) is 79.7 Å². The molecule has 1 fully saturated rings.